The van der Waals surface area contributed by atoms with E-state index in [0.29, 0.717) is 21.8 Å². The van der Waals surface area contributed by atoms with Crippen LogP contribution in [0.1, 0.15) is 55.7 Å². The number of nitriles is 1. The van der Waals surface area contributed by atoms with Crippen molar-refractivity contribution >= 4 is 23.3 Å². The first-order valence-electron chi connectivity index (χ1n) is 12.3. The summed E-state index contributed by atoms with van der Waals surface area (Å²) in [6, 6.07) is 13.9. The second-order valence-electron chi connectivity index (χ2n) is 9.49. The topological polar surface area (TPSA) is 121 Å². The molecule has 1 aliphatic heterocycles. The van der Waals surface area contributed by atoms with Crippen molar-refractivity contribution in [3.05, 3.63) is 117 Å². The number of rotatable bonds is 8. The third-order valence-electron chi connectivity index (χ3n) is 6.53. The third kappa shape index (κ3) is 4.75. The highest BCUT2D eigenvalue weighted by molar-refractivity contribution is 6.30. The number of aryl methyl sites for hydroxylation is 1. The lowest BCUT2D eigenvalue weighted by Gasteiger charge is -2.39. The van der Waals surface area contributed by atoms with Gasteiger partial charge in [-0.1, -0.05) is 23.7 Å². The molecule has 0 fully saturated rings. The number of amides is 1. The highest BCUT2D eigenvalue weighted by Crippen LogP contribution is 2.48. The van der Waals surface area contributed by atoms with E-state index in [9.17, 15) is 14.7 Å². The smallest absolute Gasteiger partial charge is 0.257 e. The van der Waals surface area contributed by atoms with Crippen LogP contribution < -0.4 is 0 Å². The average Bonchev–Trinajstić information content (AvgIpc) is 3.48. The number of ketones is 1. The van der Waals surface area contributed by atoms with E-state index in [1.54, 1.807) is 48.0 Å². The lowest BCUT2D eigenvalue weighted by Crippen LogP contribution is -2.48. The second kappa shape index (κ2) is 10.6. The molecule has 0 saturated carbocycles. The molecule has 0 aliphatic carbocycles. The molecule has 11 heteroatoms. The molecule has 1 N–H and O–H groups in total. The number of carbonyl (C=O) groups excluding carboxylic acids is 2. The maximum Gasteiger partial charge on any atom is 0.257 e. The van der Waals surface area contributed by atoms with E-state index in [1.165, 1.54) is 36.6 Å². The van der Waals surface area contributed by atoms with Crippen LogP contribution in [0.4, 0.5) is 4.39 Å². The number of pyridine rings is 1. The van der Waals surface area contributed by atoms with Gasteiger partial charge in [0.05, 0.1) is 48.0 Å². The van der Waals surface area contributed by atoms with Gasteiger partial charge in [0.15, 0.2) is 5.72 Å². The number of aliphatic hydroxyl groups excluding tert-OH is 1. The molecule has 1 amide bonds. The van der Waals surface area contributed by atoms with Gasteiger partial charge in [-0.15, -0.1) is 0 Å². The highest BCUT2D eigenvalue weighted by atomic mass is 35.5. The molecule has 9 nitrogen and oxygen atoms in total. The van der Waals surface area contributed by atoms with E-state index in [4.69, 9.17) is 21.6 Å². The molecular formula is C29H23ClFN5O4. The monoisotopic (exact) mass is 559 g/mol. The van der Waals surface area contributed by atoms with E-state index in [2.05, 4.69) is 9.97 Å². The molecule has 3 heterocycles. The van der Waals surface area contributed by atoms with E-state index in [1.807, 2.05) is 6.07 Å². The van der Waals surface area contributed by atoms with Gasteiger partial charge in [-0.25, -0.2) is 9.37 Å². The fourth-order valence-electron chi connectivity index (χ4n) is 4.73. The van der Waals surface area contributed by atoms with Crippen molar-refractivity contribution in [3.8, 4) is 6.07 Å². The number of nitrogens with zero attached hydrogens (tertiary/aromatic N) is 5. The number of aliphatic hydroxyl groups is 1. The molecule has 0 bridgehead atoms. The molecule has 5 rings (SSSR count). The maximum atomic E-state index is 16.2. The number of aromatic nitrogens is 3. The van der Waals surface area contributed by atoms with Gasteiger partial charge < -0.3 is 14.4 Å². The molecule has 2 aromatic heterocycles. The summed E-state index contributed by atoms with van der Waals surface area (Å²) in [6.45, 7) is 1.12. The van der Waals surface area contributed by atoms with Crippen LogP contribution in [-0.4, -0.2) is 48.9 Å². The lowest BCUT2D eigenvalue weighted by molar-refractivity contribution is -0.132. The largest absolute Gasteiger partial charge is 0.391 e. The van der Waals surface area contributed by atoms with Gasteiger partial charge in [0.25, 0.3) is 5.91 Å². The van der Waals surface area contributed by atoms with Gasteiger partial charge in [0.1, 0.15) is 17.6 Å². The molecule has 40 heavy (non-hydrogen) atoms. The Labute approximate surface area is 234 Å². The first-order valence-corrected chi connectivity index (χ1v) is 12.6. The Balaban J connectivity index is 1.72. The summed E-state index contributed by atoms with van der Waals surface area (Å²) in [5.41, 5.74) is -0.856. The predicted molar refractivity (Wildman–Crippen MR) is 142 cm³/mol. The first-order chi connectivity index (χ1) is 19.1. The molecule has 4 aromatic rings. The van der Waals surface area contributed by atoms with E-state index in [-0.39, 0.29) is 35.5 Å². The molecule has 0 saturated heterocycles. The minimum Gasteiger partial charge on any atom is -0.391 e. The standard InChI is InChI=1S/C29H23ClFN5O4/c1-17(37)15-40-29(20-4-6-21(30)7-5-20)26-23(28(39)36(29)13-22-8-3-18(11-32)12-33-22)9-19(10-24(26)31)27(38)25-14-35(2)16-34-25/h3-10,12,14,16-17,37H,13,15H2,1-2H3/t17-,29?/m1/s1. The SMILES string of the molecule is C[C@@H](O)COC1(c2ccc(Cl)cc2)c2c(F)cc(C(=O)c3cn(C)cn3)cc2C(=O)N1Cc1ccc(C#N)cn1. The van der Waals surface area contributed by atoms with Crippen molar-refractivity contribution in [1.82, 2.24) is 19.4 Å². The summed E-state index contributed by atoms with van der Waals surface area (Å²) < 4.78 is 24.1. The van der Waals surface area contributed by atoms with Crippen LogP contribution >= 0.6 is 11.6 Å². The van der Waals surface area contributed by atoms with Crippen molar-refractivity contribution in [2.45, 2.75) is 25.3 Å². The van der Waals surface area contributed by atoms with Gasteiger partial charge >= 0.3 is 0 Å². The lowest BCUT2D eigenvalue weighted by atomic mass is 9.91. The molecule has 1 unspecified atom stereocenters. The van der Waals surface area contributed by atoms with Gasteiger partial charge in [0.2, 0.25) is 5.78 Å². The number of imidazole rings is 1. The number of halogens is 2. The van der Waals surface area contributed by atoms with Gasteiger partial charge in [-0.2, -0.15) is 5.26 Å². The van der Waals surface area contributed by atoms with E-state index >= 15 is 4.39 Å². The number of hydrogen-bond donors (Lipinski definition) is 1. The maximum absolute atomic E-state index is 16.2. The van der Waals surface area contributed by atoms with Gasteiger partial charge in [-0.3, -0.25) is 19.5 Å². The average molecular weight is 560 g/mol. The normalized spacial score (nSPS) is 17.0. The van der Waals surface area contributed by atoms with Crippen molar-refractivity contribution in [3.63, 3.8) is 0 Å². The number of hydrogen-bond acceptors (Lipinski definition) is 7. The second-order valence-corrected chi connectivity index (χ2v) is 9.92. The Bertz CT molecular complexity index is 1650. The van der Waals surface area contributed by atoms with Crippen LogP contribution in [0.3, 0.4) is 0 Å². The fraction of sp³-hybridized carbons (Fsp3) is 0.207. The van der Waals surface area contributed by atoms with Crippen LogP contribution in [0, 0.1) is 17.1 Å². The zero-order valence-electron chi connectivity index (χ0n) is 21.5. The molecule has 0 spiro atoms. The number of ether oxygens (including phenoxy) is 1. The van der Waals surface area contributed by atoms with Crippen molar-refractivity contribution in [2.75, 3.05) is 6.61 Å². The molecular weight excluding hydrogens is 537 g/mol. The van der Waals surface area contributed by atoms with Crippen LogP contribution in [-0.2, 0) is 24.1 Å². The molecule has 2 aromatic carbocycles. The fourth-order valence-corrected chi connectivity index (χ4v) is 4.86. The van der Waals surface area contributed by atoms with Crippen LogP contribution in [0.2, 0.25) is 5.02 Å². The Morgan fingerprint density at radius 2 is 1.98 bits per heavy atom. The minimum atomic E-state index is -1.83. The van der Waals surface area contributed by atoms with Crippen LogP contribution in [0.25, 0.3) is 0 Å². The molecule has 1 aliphatic rings. The molecule has 202 valence electrons. The quantitative estimate of drug-likeness (QED) is 0.324. The van der Waals surface area contributed by atoms with Gasteiger partial charge in [-0.05, 0) is 43.3 Å². The van der Waals surface area contributed by atoms with E-state index < -0.39 is 29.3 Å². The number of benzene rings is 2. The number of carbonyl (C=O) groups is 2. The summed E-state index contributed by atoms with van der Waals surface area (Å²) >= 11 is 6.14. The van der Waals surface area contributed by atoms with Gasteiger partial charge in [0, 0.05) is 35.6 Å². The minimum absolute atomic E-state index is 0.0535. The Hall–Kier alpha value is -4.43. The van der Waals surface area contributed by atoms with Crippen molar-refractivity contribution in [1.29, 1.82) is 5.26 Å². The zero-order valence-corrected chi connectivity index (χ0v) is 22.3. The molecule has 2 atom stereocenters. The summed E-state index contributed by atoms with van der Waals surface area (Å²) in [6.07, 6.45) is 3.37. The summed E-state index contributed by atoms with van der Waals surface area (Å²) in [5.74, 6) is -2.01. The zero-order chi connectivity index (χ0) is 28.6. The van der Waals surface area contributed by atoms with E-state index in [0.717, 1.165) is 6.07 Å². The van der Waals surface area contributed by atoms with Crippen molar-refractivity contribution < 1.29 is 23.8 Å². The van der Waals surface area contributed by atoms with Crippen molar-refractivity contribution in [2.24, 2.45) is 7.05 Å². The predicted octanol–water partition coefficient (Wildman–Crippen LogP) is 3.96. The number of fused-ring (bicyclic) bond motifs is 1. The molecule has 0 radical (unpaired) electrons. The van der Waals surface area contributed by atoms with Crippen LogP contribution in [0.15, 0.2) is 67.3 Å². The Kier molecular flexibility index (Phi) is 7.21. The summed E-state index contributed by atoms with van der Waals surface area (Å²) in [4.78, 5) is 36.9. The Morgan fingerprint density at radius 1 is 1.23 bits per heavy atom. The summed E-state index contributed by atoms with van der Waals surface area (Å²) in [7, 11) is 1.70. The van der Waals surface area contributed by atoms with Crippen LogP contribution in [0.5, 0.6) is 0 Å². The summed E-state index contributed by atoms with van der Waals surface area (Å²) in [5, 5.41) is 19.7. The Morgan fingerprint density at radius 3 is 2.58 bits per heavy atom. The highest BCUT2D eigenvalue weighted by Gasteiger charge is 2.54. The first kappa shape index (κ1) is 27.1. The third-order valence-corrected chi connectivity index (χ3v) is 6.78.